The Labute approximate surface area is 135 Å². The van der Waals surface area contributed by atoms with Crippen molar-refractivity contribution in [2.45, 2.75) is 12.5 Å². The number of primary amides is 1. The monoisotopic (exact) mass is 364 g/mol. The Bertz CT molecular complexity index is 706. The molecule has 114 valence electrons. The summed E-state index contributed by atoms with van der Waals surface area (Å²) in [5.74, 6) is -1.49. The minimum Gasteiger partial charge on any atom is -0.368 e. The molecule has 0 aliphatic carbocycles. The molecule has 0 heterocycles. The maximum absolute atomic E-state index is 13.2. The molecule has 2 aromatic rings. The fourth-order valence-electron chi connectivity index (χ4n) is 1.99. The second kappa shape index (κ2) is 7.17. The van der Waals surface area contributed by atoms with Gasteiger partial charge in [0, 0.05) is 16.5 Å². The summed E-state index contributed by atoms with van der Waals surface area (Å²) >= 11 is 3.27. The van der Waals surface area contributed by atoms with E-state index < -0.39 is 23.7 Å². The first-order valence-corrected chi connectivity index (χ1v) is 7.35. The van der Waals surface area contributed by atoms with Gasteiger partial charge >= 0.3 is 0 Å². The van der Waals surface area contributed by atoms with Gasteiger partial charge in [0.2, 0.25) is 5.91 Å². The molecule has 0 aromatic heterocycles. The Hall–Kier alpha value is -2.21. The molecule has 22 heavy (non-hydrogen) atoms. The fourth-order valence-corrected chi connectivity index (χ4v) is 2.39. The van der Waals surface area contributed by atoms with Gasteiger partial charge in [-0.3, -0.25) is 9.59 Å². The molecule has 0 spiro atoms. The number of carbonyl (C=O) groups excluding carboxylic acids is 2. The smallest absolute Gasteiger partial charge is 0.251 e. The van der Waals surface area contributed by atoms with E-state index in [4.69, 9.17) is 5.73 Å². The van der Waals surface area contributed by atoms with Crippen LogP contribution in [0.4, 0.5) is 4.39 Å². The third-order valence-electron chi connectivity index (χ3n) is 3.06. The van der Waals surface area contributed by atoms with Crippen molar-refractivity contribution in [2.75, 3.05) is 0 Å². The summed E-state index contributed by atoms with van der Waals surface area (Å²) in [6.07, 6.45) is 0.132. The standard InChI is InChI=1S/C16H14BrFN2O2/c17-12-5-2-4-11(9-12)16(22)20-14(15(19)21)8-10-3-1-6-13(18)7-10/h1-7,9,14H,8H2,(H2,19,21)(H,20,22)/t14-/m1/s1. The Kier molecular flexibility index (Phi) is 5.27. The van der Waals surface area contributed by atoms with Crippen molar-refractivity contribution in [3.05, 3.63) is 69.9 Å². The van der Waals surface area contributed by atoms with Gasteiger partial charge in [-0.05, 0) is 35.9 Å². The predicted octanol–water partition coefficient (Wildman–Crippen LogP) is 2.41. The first-order valence-electron chi connectivity index (χ1n) is 6.56. The Morgan fingerprint density at radius 2 is 1.91 bits per heavy atom. The lowest BCUT2D eigenvalue weighted by atomic mass is 10.0. The Balaban J connectivity index is 2.12. The van der Waals surface area contributed by atoms with E-state index in [9.17, 15) is 14.0 Å². The van der Waals surface area contributed by atoms with E-state index >= 15 is 0 Å². The maximum Gasteiger partial charge on any atom is 0.251 e. The molecule has 0 saturated carbocycles. The van der Waals surface area contributed by atoms with E-state index in [0.717, 1.165) is 4.47 Å². The number of halogens is 2. The number of nitrogens with two attached hydrogens (primary N) is 1. The van der Waals surface area contributed by atoms with E-state index in [2.05, 4.69) is 21.2 Å². The van der Waals surface area contributed by atoms with Crippen LogP contribution in [0.1, 0.15) is 15.9 Å². The number of hydrogen-bond acceptors (Lipinski definition) is 2. The minimum atomic E-state index is -0.909. The molecule has 2 amide bonds. The van der Waals surface area contributed by atoms with Crippen LogP contribution in [0.3, 0.4) is 0 Å². The van der Waals surface area contributed by atoms with E-state index in [1.165, 1.54) is 12.1 Å². The van der Waals surface area contributed by atoms with Gasteiger partial charge in [0.05, 0.1) is 0 Å². The topological polar surface area (TPSA) is 72.2 Å². The van der Waals surface area contributed by atoms with Gasteiger partial charge in [-0.2, -0.15) is 0 Å². The third kappa shape index (κ3) is 4.39. The molecule has 0 radical (unpaired) electrons. The number of carbonyl (C=O) groups is 2. The van der Waals surface area contributed by atoms with Crippen LogP contribution in [-0.2, 0) is 11.2 Å². The second-order valence-corrected chi connectivity index (χ2v) is 5.69. The summed E-state index contributed by atoms with van der Waals surface area (Å²) < 4.78 is 13.9. The summed E-state index contributed by atoms with van der Waals surface area (Å²) in [5, 5.41) is 2.57. The molecule has 0 fully saturated rings. The maximum atomic E-state index is 13.2. The van der Waals surface area contributed by atoms with Crippen LogP contribution in [0.5, 0.6) is 0 Å². The Morgan fingerprint density at radius 3 is 2.55 bits per heavy atom. The van der Waals surface area contributed by atoms with Gasteiger partial charge < -0.3 is 11.1 Å². The number of rotatable bonds is 5. The van der Waals surface area contributed by atoms with E-state index in [-0.39, 0.29) is 6.42 Å². The number of hydrogen-bond donors (Lipinski definition) is 2. The van der Waals surface area contributed by atoms with Crippen molar-refractivity contribution in [3.63, 3.8) is 0 Å². The molecule has 4 nitrogen and oxygen atoms in total. The highest BCUT2D eigenvalue weighted by Crippen LogP contribution is 2.12. The molecule has 3 N–H and O–H groups in total. The molecule has 0 aliphatic rings. The first kappa shape index (κ1) is 16.2. The molecule has 1 atom stereocenters. The van der Waals surface area contributed by atoms with Gasteiger partial charge in [-0.15, -0.1) is 0 Å². The molecule has 6 heteroatoms. The van der Waals surface area contributed by atoms with Crippen LogP contribution < -0.4 is 11.1 Å². The van der Waals surface area contributed by atoms with Crippen LogP contribution >= 0.6 is 15.9 Å². The largest absolute Gasteiger partial charge is 0.368 e. The lowest BCUT2D eigenvalue weighted by Crippen LogP contribution is -2.45. The van der Waals surface area contributed by atoms with E-state index in [0.29, 0.717) is 11.1 Å². The van der Waals surface area contributed by atoms with Gasteiger partial charge in [-0.25, -0.2) is 4.39 Å². The van der Waals surface area contributed by atoms with Crippen LogP contribution in [0, 0.1) is 5.82 Å². The van der Waals surface area contributed by atoms with Crippen molar-refractivity contribution >= 4 is 27.7 Å². The normalized spacial score (nSPS) is 11.7. The van der Waals surface area contributed by atoms with Crippen molar-refractivity contribution in [2.24, 2.45) is 5.73 Å². The summed E-state index contributed by atoms with van der Waals surface area (Å²) in [6.45, 7) is 0. The van der Waals surface area contributed by atoms with Crippen LogP contribution in [0.15, 0.2) is 53.0 Å². The van der Waals surface area contributed by atoms with Gasteiger partial charge in [-0.1, -0.05) is 34.1 Å². The van der Waals surface area contributed by atoms with Crippen molar-refractivity contribution in [1.82, 2.24) is 5.32 Å². The van der Waals surface area contributed by atoms with Crippen molar-refractivity contribution in [3.8, 4) is 0 Å². The van der Waals surface area contributed by atoms with Crippen LogP contribution in [0.2, 0.25) is 0 Å². The molecule has 0 bridgehead atoms. The van der Waals surface area contributed by atoms with E-state index in [1.54, 1.807) is 36.4 Å². The lowest BCUT2D eigenvalue weighted by molar-refractivity contribution is -0.119. The molecule has 0 aliphatic heterocycles. The predicted molar refractivity (Wildman–Crippen MR) is 84.7 cm³/mol. The summed E-state index contributed by atoms with van der Waals surface area (Å²) in [6, 6.07) is 11.7. The number of amides is 2. The highest BCUT2D eigenvalue weighted by molar-refractivity contribution is 9.10. The number of benzene rings is 2. The van der Waals surface area contributed by atoms with Gasteiger partial charge in [0.25, 0.3) is 5.91 Å². The summed E-state index contributed by atoms with van der Waals surface area (Å²) in [5.41, 5.74) is 6.31. The highest BCUT2D eigenvalue weighted by Gasteiger charge is 2.19. The Morgan fingerprint density at radius 1 is 1.18 bits per heavy atom. The van der Waals surface area contributed by atoms with Crippen molar-refractivity contribution in [1.29, 1.82) is 0 Å². The van der Waals surface area contributed by atoms with Crippen LogP contribution in [-0.4, -0.2) is 17.9 Å². The molecule has 0 saturated heterocycles. The third-order valence-corrected chi connectivity index (χ3v) is 3.56. The molecular weight excluding hydrogens is 351 g/mol. The summed E-state index contributed by atoms with van der Waals surface area (Å²) in [4.78, 5) is 23.7. The SMILES string of the molecule is NC(=O)[C@@H](Cc1cccc(F)c1)NC(=O)c1cccc(Br)c1. The second-order valence-electron chi connectivity index (χ2n) is 4.77. The molecule has 2 aromatic carbocycles. The summed E-state index contributed by atoms with van der Waals surface area (Å²) in [7, 11) is 0. The highest BCUT2D eigenvalue weighted by atomic mass is 79.9. The van der Waals surface area contributed by atoms with Gasteiger partial charge in [0.15, 0.2) is 0 Å². The average molecular weight is 365 g/mol. The first-order chi connectivity index (χ1) is 10.5. The molecule has 0 unspecified atom stereocenters. The molecule has 2 rings (SSSR count). The van der Waals surface area contributed by atoms with Crippen LogP contribution in [0.25, 0.3) is 0 Å². The lowest BCUT2D eigenvalue weighted by Gasteiger charge is -2.16. The average Bonchev–Trinajstić information content (AvgIpc) is 2.46. The van der Waals surface area contributed by atoms with Crippen molar-refractivity contribution < 1.29 is 14.0 Å². The van der Waals surface area contributed by atoms with E-state index in [1.807, 2.05) is 0 Å². The quantitative estimate of drug-likeness (QED) is 0.854. The molecular formula is C16H14BrFN2O2. The van der Waals surface area contributed by atoms with Gasteiger partial charge in [0.1, 0.15) is 11.9 Å². The zero-order valence-corrected chi connectivity index (χ0v) is 13.1. The number of nitrogens with one attached hydrogen (secondary N) is 1. The zero-order chi connectivity index (χ0) is 16.1. The fraction of sp³-hybridized carbons (Fsp3) is 0.125. The zero-order valence-electron chi connectivity index (χ0n) is 11.6. The minimum absolute atomic E-state index is 0.132.